The van der Waals surface area contributed by atoms with Crippen LogP contribution in [0.1, 0.15) is 89.7 Å². The van der Waals surface area contributed by atoms with Gasteiger partial charge >= 0.3 is 0 Å². The molecule has 1 aliphatic carbocycles. The smallest absolute Gasteiger partial charge is 0.255 e. The average Bonchev–Trinajstić information content (AvgIpc) is 3.41. The third-order valence-electron chi connectivity index (χ3n) is 7.51. The molecule has 2 aliphatic rings. The van der Waals surface area contributed by atoms with Gasteiger partial charge in [-0.1, -0.05) is 32.0 Å². The van der Waals surface area contributed by atoms with Gasteiger partial charge in [-0.3, -0.25) is 14.7 Å². The monoisotopic (exact) mass is 495 g/mol. The second-order valence-electron chi connectivity index (χ2n) is 11.3. The maximum Gasteiger partial charge on any atom is 0.255 e. The molecule has 7 heteroatoms. The van der Waals surface area contributed by atoms with Gasteiger partial charge in [0.05, 0.1) is 24.2 Å². The van der Waals surface area contributed by atoms with E-state index in [0.29, 0.717) is 17.7 Å². The van der Waals surface area contributed by atoms with Gasteiger partial charge in [0, 0.05) is 40.5 Å². The lowest BCUT2D eigenvalue weighted by Gasteiger charge is -2.29. The van der Waals surface area contributed by atoms with Gasteiger partial charge in [0.25, 0.3) is 11.8 Å². The highest BCUT2D eigenvalue weighted by Gasteiger charge is 2.35. The van der Waals surface area contributed by atoms with Gasteiger partial charge in [0.2, 0.25) is 0 Å². The van der Waals surface area contributed by atoms with Crippen LogP contribution in [0.4, 0.5) is 0 Å². The van der Waals surface area contributed by atoms with Crippen LogP contribution in [0.25, 0.3) is 11.3 Å². The largest absolute Gasteiger partial charge is 0.350 e. The topological polar surface area (TPSA) is 102 Å². The van der Waals surface area contributed by atoms with Crippen molar-refractivity contribution in [3.63, 3.8) is 0 Å². The van der Waals surface area contributed by atoms with E-state index in [4.69, 9.17) is 0 Å². The number of aromatic nitrogens is 2. The molecule has 2 amide bonds. The Morgan fingerprint density at radius 3 is 2.68 bits per heavy atom. The molecule has 0 fully saturated rings. The van der Waals surface area contributed by atoms with Crippen molar-refractivity contribution in [1.29, 1.82) is 5.26 Å². The summed E-state index contributed by atoms with van der Waals surface area (Å²) in [4.78, 5) is 27.5. The third kappa shape index (κ3) is 4.76. The quantitative estimate of drug-likeness (QED) is 0.482. The Bertz CT molecular complexity index is 1390. The van der Waals surface area contributed by atoms with Crippen LogP contribution in [0, 0.1) is 16.7 Å². The fourth-order valence-electron chi connectivity index (χ4n) is 5.52. The SMILES string of the molecule is CC(C)NC(=O)c1ccc([C@@H](CC#N)N2Cc3cc(-c4n[nH]c5c4CCC(C)(C)C5)ccc3C2=O)cc1. The van der Waals surface area contributed by atoms with Crippen molar-refractivity contribution in [3.05, 3.63) is 76.0 Å². The standard InChI is InChI=1S/C30H33N5O2/c1-18(2)32-28(36)20-7-5-19(6-8-20)26(12-14-31)35-17-22-15-21(9-10-23(22)29(35)37)27-24-11-13-30(3,4)16-25(24)33-34-27/h5-10,15,18,26H,11-13,16-17H2,1-4H3,(H,32,36)(H,33,34)/t26-/m1/s1. The van der Waals surface area contributed by atoms with Gasteiger partial charge in [0.1, 0.15) is 0 Å². The van der Waals surface area contributed by atoms with Gasteiger partial charge < -0.3 is 10.2 Å². The van der Waals surface area contributed by atoms with Crippen LogP contribution in [-0.4, -0.2) is 33.0 Å². The summed E-state index contributed by atoms with van der Waals surface area (Å²) in [7, 11) is 0. The minimum absolute atomic E-state index is 0.0444. The molecule has 7 nitrogen and oxygen atoms in total. The van der Waals surface area contributed by atoms with E-state index in [1.165, 1.54) is 11.3 Å². The van der Waals surface area contributed by atoms with Crippen LogP contribution in [0.15, 0.2) is 42.5 Å². The average molecular weight is 496 g/mol. The van der Waals surface area contributed by atoms with E-state index in [9.17, 15) is 14.9 Å². The van der Waals surface area contributed by atoms with Crippen molar-refractivity contribution in [2.45, 2.75) is 72.0 Å². The molecule has 1 atom stereocenters. The number of nitriles is 1. The fourth-order valence-corrected chi connectivity index (χ4v) is 5.52. The Labute approximate surface area is 217 Å². The summed E-state index contributed by atoms with van der Waals surface area (Å²) in [6.45, 7) is 8.84. The molecule has 37 heavy (non-hydrogen) atoms. The van der Waals surface area contributed by atoms with Crippen molar-refractivity contribution in [3.8, 4) is 17.3 Å². The van der Waals surface area contributed by atoms with Crippen molar-refractivity contribution in [2.24, 2.45) is 5.41 Å². The predicted molar refractivity (Wildman–Crippen MR) is 142 cm³/mol. The van der Waals surface area contributed by atoms with Crippen LogP contribution >= 0.6 is 0 Å². The molecule has 5 rings (SSSR count). The molecule has 2 aromatic carbocycles. The number of hydrogen-bond acceptors (Lipinski definition) is 4. The number of carbonyl (C=O) groups excluding carboxylic acids is 2. The lowest BCUT2D eigenvalue weighted by Crippen LogP contribution is -2.30. The molecule has 0 spiro atoms. The van der Waals surface area contributed by atoms with Crippen LogP contribution in [0.2, 0.25) is 0 Å². The number of fused-ring (bicyclic) bond motifs is 2. The Kier molecular flexibility index (Phi) is 6.36. The first kappa shape index (κ1) is 24.8. The highest BCUT2D eigenvalue weighted by molar-refractivity contribution is 5.99. The number of carbonyl (C=O) groups is 2. The van der Waals surface area contributed by atoms with Crippen molar-refractivity contribution in [1.82, 2.24) is 20.4 Å². The van der Waals surface area contributed by atoms with Crippen LogP contribution in [0.5, 0.6) is 0 Å². The van der Waals surface area contributed by atoms with Gasteiger partial charge in [-0.2, -0.15) is 10.4 Å². The Balaban J connectivity index is 1.40. The summed E-state index contributed by atoms with van der Waals surface area (Å²) >= 11 is 0. The number of aromatic amines is 1. The zero-order chi connectivity index (χ0) is 26.3. The van der Waals surface area contributed by atoms with Crippen LogP contribution in [0.3, 0.4) is 0 Å². The Hall–Kier alpha value is -3.92. The molecule has 1 aliphatic heterocycles. The van der Waals surface area contributed by atoms with E-state index in [2.05, 4.69) is 41.5 Å². The lowest BCUT2D eigenvalue weighted by atomic mass is 9.76. The molecule has 190 valence electrons. The minimum Gasteiger partial charge on any atom is -0.350 e. The lowest BCUT2D eigenvalue weighted by molar-refractivity contribution is 0.0703. The first-order valence-corrected chi connectivity index (χ1v) is 12.9. The molecule has 3 aromatic rings. The van der Waals surface area contributed by atoms with Gasteiger partial charge in [0.15, 0.2) is 0 Å². The van der Waals surface area contributed by atoms with Gasteiger partial charge in [-0.05, 0) is 73.9 Å². The highest BCUT2D eigenvalue weighted by atomic mass is 16.2. The van der Waals surface area contributed by atoms with E-state index in [0.717, 1.165) is 41.6 Å². The molecular formula is C30H33N5O2. The predicted octanol–water partition coefficient (Wildman–Crippen LogP) is 5.34. The first-order chi connectivity index (χ1) is 17.7. The molecule has 0 saturated carbocycles. The highest BCUT2D eigenvalue weighted by Crippen LogP contribution is 2.39. The van der Waals surface area contributed by atoms with E-state index in [-0.39, 0.29) is 29.7 Å². The summed E-state index contributed by atoms with van der Waals surface area (Å²) in [5, 5.41) is 20.3. The van der Waals surface area contributed by atoms with E-state index >= 15 is 0 Å². The van der Waals surface area contributed by atoms with Crippen LogP contribution < -0.4 is 5.32 Å². The molecule has 2 N–H and O–H groups in total. The number of nitrogens with zero attached hydrogens (tertiary/aromatic N) is 3. The van der Waals surface area contributed by atoms with E-state index < -0.39 is 6.04 Å². The maximum atomic E-state index is 13.4. The summed E-state index contributed by atoms with van der Waals surface area (Å²) in [5.41, 5.74) is 7.77. The molecule has 0 radical (unpaired) electrons. The number of rotatable bonds is 6. The molecule has 0 bridgehead atoms. The summed E-state index contributed by atoms with van der Waals surface area (Å²) < 4.78 is 0. The van der Waals surface area contributed by atoms with Crippen molar-refractivity contribution in [2.75, 3.05) is 0 Å². The summed E-state index contributed by atoms with van der Waals surface area (Å²) in [6, 6.07) is 15.0. The summed E-state index contributed by atoms with van der Waals surface area (Å²) in [5.74, 6) is -0.214. The van der Waals surface area contributed by atoms with E-state index in [1.807, 2.05) is 38.1 Å². The normalized spacial score (nSPS) is 16.8. The maximum absolute atomic E-state index is 13.4. The molecule has 1 aromatic heterocycles. The minimum atomic E-state index is -0.393. The number of benzene rings is 2. The third-order valence-corrected chi connectivity index (χ3v) is 7.51. The number of nitrogens with one attached hydrogen (secondary N) is 2. The van der Waals surface area contributed by atoms with Crippen molar-refractivity contribution < 1.29 is 9.59 Å². The van der Waals surface area contributed by atoms with Crippen molar-refractivity contribution >= 4 is 11.8 Å². The second kappa shape index (κ2) is 9.51. The summed E-state index contributed by atoms with van der Waals surface area (Å²) in [6.07, 6.45) is 3.27. The Morgan fingerprint density at radius 1 is 1.22 bits per heavy atom. The fraction of sp³-hybridized carbons (Fsp3) is 0.400. The van der Waals surface area contributed by atoms with Gasteiger partial charge in [-0.15, -0.1) is 0 Å². The zero-order valence-corrected chi connectivity index (χ0v) is 21.9. The first-order valence-electron chi connectivity index (χ1n) is 12.9. The number of H-pyrrole nitrogens is 1. The Morgan fingerprint density at radius 2 is 1.97 bits per heavy atom. The number of hydrogen-bond donors (Lipinski definition) is 2. The second-order valence-corrected chi connectivity index (χ2v) is 11.3. The van der Waals surface area contributed by atoms with Crippen LogP contribution in [-0.2, 0) is 19.4 Å². The van der Waals surface area contributed by atoms with E-state index in [1.54, 1.807) is 17.0 Å². The number of amides is 2. The zero-order valence-electron chi connectivity index (χ0n) is 21.9. The molecule has 0 unspecified atom stereocenters. The molecule has 2 heterocycles. The van der Waals surface area contributed by atoms with Gasteiger partial charge in [-0.25, -0.2) is 0 Å². The molecular weight excluding hydrogens is 462 g/mol. The molecule has 0 saturated heterocycles.